The van der Waals surface area contributed by atoms with E-state index in [1.54, 1.807) is 36.5 Å². The number of nitrogens with zero attached hydrogens (tertiary/aromatic N) is 1. The first-order valence-electron chi connectivity index (χ1n) is 9.90. The van der Waals surface area contributed by atoms with Crippen molar-refractivity contribution in [2.45, 2.75) is 18.9 Å². The lowest BCUT2D eigenvalue weighted by molar-refractivity contribution is 0.0950. The van der Waals surface area contributed by atoms with Crippen molar-refractivity contribution in [3.63, 3.8) is 0 Å². The van der Waals surface area contributed by atoms with E-state index in [1.165, 1.54) is 13.4 Å². The fourth-order valence-corrected chi connectivity index (χ4v) is 3.69. The van der Waals surface area contributed by atoms with E-state index in [2.05, 4.69) is 10.3 Å². The third kappa shape index (κ3) is 3.58. The standard InChI is InChI=1S/C23H18ClN3O5/c1-30-19-8-17-13(6-14(19)22(25)28)18(4-5-26-17)32-21-9-20-12(7-16(21)24)15(10-31-20)23(29)27-11-2-3-11/h4-11H,2-3H2,1H3,(H2,25,28)(H,27,29). The molecule has 0 radical (unpaired) electrons. The van der Waals surface area contributed by atoms with Crippen molar-refractivity contribution in [2.24, 2.45) is 5.73 Å². The molecule has 2 amide bonds. The highest BCUT2D eigenvalue weighted by Crippen LogP contribution is 2.38. The molecule has 162 valence electrons. The summed E-state index contributed by atoms with van der Waals surface area (Å²) in [4.78, 5) is 28.6. The minimum atomic E-state index is -0.634. The number of fused-ring (bicyclic) bond motifs is 2. The monoisotopic (exact) mass is 451 g/mol. The molecule has 32 heavy (non-hydrogen) atoms. The molecule has 3 N–H and O–H groups in total. The molecule has 0 spiro atoms. The van der Waals surface area contributed by atoms with Crippen LogP contribution >= 0.6 is 11.6 Å². The van der Waals surface area contributed by atoms with Gasteiger partial charge in [-0.3, -0.25) is 14.6 Å². The zero-order chi connectivity index (χ0) is 22.4. The van der Waals surface area contributed by atoms with Gasteiger partial charge >= 0.3 is 0 Å². The van der Waals surface area contributed by atoms with Crippen molar-refractivity contribution in [3.05, 3.63) is 58.9 Å². The molecule has 1 saturated carbocycles. The fraction of sp³-hybridized carbons (Fsp3) is 0.174. The number of nitrogens with one attached hydrogen (secondary N) is 1. The number of halogens is 1. The number of primary amides is 1. The maximum atomic E-state index is 12.4. The highest BCUT2D eigenvalue weighted by molar-refractivity contribution is 6.33. The van der Waals surface area contributed by atoms with E-state index in [4.69, 9.17) is 31.2 Å². The Morgan fingerprint density at radius 3 is 2.66 bits per heavy atom. The number of methoxy groups -OCH3 is 1. The first-order chi connectivity index (χ1) is 15.4. The van der Waals surface area contributed by atoms with E-state index in [0.717, 1.165) is 12.8 Å². The summed E-state index contributed by atoms with van der Waals surface area (Å²) in [7, 11) is 1.45. The van der Waals surface area contributed by atoms with E-state index in [0.29, 0.717) is 49.7 Å². The zero-order valence-electron chi connectivity index (χ0n) is 17.0. The van der Waals surface area contributed by atoms with Crippen molar-refractivity contribution < 1.29 is 23.5 Å². The van der Waals surface area contributed by atoms with Gasteiger partial charge in [0.2, 0.25) is 0 Å². The number of nitrogens with two attached hydrogens (primary N) is 1. The quantitative estimate of drug-likeness (QED) is 0.448. The molecule has 1 aliphatic carbocycles. The summed E-state index contributed by atoms with van der Waals surface area (Å²) >= 11 is 6.48. The second-order valence-corrected chi connectivity index (χ2v) is 7.93. The Labute approximate surface area is 187 Å². The van der Waals surface area contributed by atoms with E-state index in [9.17, 15) is 9.59 Å². The van der Waals surface area contributed by atoms with E-state index >= 15 is 0 Å². The van der Waals surface area contributed by atoms with Gasteiger partial charge in [0.15, 0.2) is 0 Å². The fourth-order valence-electron chi connectivity index (χ4n) is 3.49. The highest BCUT2D eigenvalue weighted by Gasteiger charge is 2.26. The molecule has 0 atom stereocenters. The van der Waals surface area contributed by atoms with Gasteiger partial charge in [0.25, 0.3) is 11.8 Å². The Bertz CT molecular complexity index is 1390. The smallest absolute Gasteiger partial charge is 0.255 e. The number of hydrogen-bond donors (Lipinski definition) is 2. The number of pyridine rings is 1. The van der Waals surface area contributed by atoms with Gasteiger partial charge in [0.1, 0.15) is 29.1 Å². The summed E-state index contributed by atoms with van der Waals surface area (Å²) in [5.74, 6) is 0.239. The largest absolute Gasteiger partial charge is 0.496 e. The third-order valence-corrected chi connectivity index (χ3v) is 5.59. The van der Waals surface area contributed by atoms with Crippen LogP contribution in [0.15, 0.2) is 47.2 Å². The van der Waals surface area contributed by atoms with Gasteiger partial charge < -0.3 is 24.9 Å². The predicted molar refractivity (Wildman–Crippen MR) is 119 cm³/mol. The molecule has 1 aliphatic rings. The summed E-state index contributed by atoms with van der Waals surface area (Å²) in [6, 6.07) is 8.32. The number of ether oxygens (including phenoxy) is 2. The maximum Gasteiger partial charge on any atom is 0.255 e. The Morgan fingerprint density at radius 2 is 1.94 bits per heavy atom. The average molecular weight is 452 g/mol. The topological polar surface area (TPSA) is 117 Å². The first-order valence-corrected chi connectivity index (χ1v) is 10.3. The summed E-state index contributed by atoms with van der Waals surface area (Å²) in [5.41, 5.74) is 7.13. The van der Waals surface area contributed by atoms with Gasteiger partial charge in [0.05, 0.1) is 28.8 Å². The van der Waals surface area contributed by atoms with Gasteiger partial charge in [-0.2, -0.15) is 0 Å². The number of carbonyl (C=O) groups is 2. The molecule has 8 nitrogen and oxygen atoms in total. The van der Waals surface area contributed by atoms with Crippen LogP contribution in [0.1, 0.15) is 33.6 Å². The van der Waals surface area contributed by atoms with Crippen LogP contribution in [0, 0.1) is 0 Å². The number of carbonyl (C=O) groups excluding carboxylic acids is 2. The number of amides is 2. The molecule has 2 aromatic heterocycles. The van der Waals surface area contributed by atoms with Gasteiger partial charge in [-0.05, 0) is 31.0 Å². The number of rotatable bonds is 6. The van der Waals surface area contributed by atoms with Crippen molar-refractivity contribution in [3.8, 4) is 17.2 Å². The lowest BCUT2D eigenvalue weighted by Crippen LogP contribution is -2.24. The SMILES string of the molecule is COc1cc2nccc(Oc3cc4occ(C(=O)NC5CC5)c4cc3Cl)c2cc1C(N)=O. The van der Waals surface area contributed by atoms with E-state index in [1.807, 2.05) is 0 Å². The lowest BCUT2D eigenvalue weighted by atomic mass is 10.1. The van der Waals surface area contributed by atoms with E-state index < -0.39 is 5.91 Å². The summed E-state index contributed by atoms with van der Waals surface area (Å²) < 4.78 is 16.9. The number of aromatic nitrogens is 1. The summed E-state index contributed by atoms with van der Waals surface area (Å²) in [5, 5.41) is 4.39. The molecule has 4 aromatic rings. The first kappa shape index (κ1) is 20.1. The second kappa shape index (κ2) is 7.72. The van der Waals surface area contributed by atoms with Crippen LogP contribution in [0.5, 0.6) is 17.2 Å². The van der Waals surface area contributed by atoms with Gasteiger partial charge in [0, 0.05) is 35.1 Å². The molecular formula is C23H18ClN3O5. The van der Waals surface area contributed by atoms with Crippen molar-refractivity contribution in [1.29, 1.82) is 0 Å². The Hall–Kier alpha value is -3.78. The Kier molecular flexibility index (Phi) is 4.86. The molecule has 0 aliphatic heterocycles. The second-order valence-electron chi connectivity index (χ2n) is 7.52. The van der Waals surface area contributed by atoms with Crippen LogP contribution in [0.4, 0.5) is 0 Å². The van der Waals surface area contributed by atoms with Crippen molar-refractivity contribution in [1.82, 2.24) is 10.3 Å². The number of benzene rings is 2. The molecule has 9 heteroatoms. The molecule has 5 rings (SSSR count). The highest BCUT2D eigenvalue weighted by atomic mass is 35.5. The van der Waals surface area contributed by atoms with Crippen molar-refractivity contribution in [2.75, 3.05) is 7.11 Å². The van der Waals surface area contributed by atoms with Crippen LogP contribution < -0.4 is 20.5 Å². The molecule has 0 bridgehead atoms. The molecule has 0 saturated heterocycles. The summed E-state index contributed by atoms with van der Waals surface area (Å²) in [6.07, 6.45) is 4.96. The van der Waals surface area contributed by atoms with Crippen LogP contribution in [-0.2, 0) is 0 Å². The number of hydrogen-bond acceptors (Lipinski definition) is 6. The van der Waals surface area contributed by atoms with Crippen molar-refractivity contribution >= 4 is 45.3 Å². The molecule has 2 aromatic carbocycles. The van der Waals surface area contributed by atoms with Crippen LogP contribution in [0.3, 0.4) is 0 Å². The van der Waals surface area contributed by atoms with Crippen LogP contribution in [0.2, 0.25) is 5.02 Å². The minimum Gasteiger partial charge on any atom is -0.496 e. The van der Waals surface area contributed by atoms with E-state index in [-0.39, 0.29) is 17.5 Å². The maximum absolute atomic E-state index is 12.4. The zero-order valence-corrected chi connectivity index (χ0v) is 17.7. The minimum absolute atomic E-state index is 0.191. The van der Waals surface area contributed by atoms with Gasteiger partial charge in [-0.1, -0.05) is 11.6 Å². The number of furan rings is 1. The predicted octanol–water partition coefficient (Wildman–Crippen LogP) is 4.43. The van der Waals surface area contributed by atoms with Crippen LogP contribution in [0.25, 0.3) is 21.9 Å². The molecule has 0 unspecified atom stereocenters. The summed E-state index contributed by atoms with van der Waals surface area (Å²) in [6.45, 7) is 0. The molecule has 1 fully saturated rings. The Morgan fingerprint density at radius 1 is 1.12 bits per heavy atom. The van der Waals surface area contributed by atoms with Gasteiger partial charge in [-0.25, -0.2) is 0 Å². The Balaban J connectivity index is 1.54. The molecular weight excluding hydrogens is 434 g/mol. The average Bonchev–Trinajstić information content (AvgIpc) is 3.50. The normalized spacial score (nSPS) is 13.3. The third-order valence-electron chi connectivity index (χ3n) is 5.29. The van der Waals surface area contributed by atoms with Crippen LogP contribution in [-0.4, -0.2) is 29.9 Å². The van der Waals surface area contributed by atoms with Gasteiger partial charge in [-0.15, -0.1) is 0 Å². The lowest BCUT2D eigenvalue weighted by Gasteiger charge is -2.12. The molecule has 2 heterocycles.